The van der Waals surface area contributed by atoms with E-state index in [1.807, 2.05) is 12.1 Å². The van der Waals surface area contributed by atoms with Gasteiger partial charge in [0.25, 0.3) is 0 Å². The molecule has 2 nitrogen and oxygen atoms in total. The van der Waals surface area contributed by atoms with Gasteiger partial charge in [-0.05, 0) is 31.5 Å². The standard InChI is InChI=1S/C19H21I2N2/c1-19(2)14-6-4-5-7-15(14)23(3)18(19)17(21)16(20)12-8-10-13(22)11-9-12/h4-11,16-17H,22H2,1-3H3/q+1/t16-,17-/m1/s1. The average Bonchev–Trinajstić information content (AvgIpc) is 2.74. The molecule has 120 valence electrons. The van der Waals surface area contributed by atoms with Crippen LogP contribution < -0.4 is 5.73 Å². The van der Waals surface area contributed by atoms with Crippen molar-refractivity contribution in [2.45, 2.75) is 27.1 Å². The van der Waals surface area contributed by atoms with Crippen LogP contribution in [0.25, 0.3) is 0 Å². The number of halogens is 2. The molecule has 2 N–H and O–H groups in total. The summed E-state index contributed by atoms with van der Waals surface area (Å²) in [5.41, 5.74) is 12.2. The van der Waals surface area contributed by atoms with E-state index >= 15 is 0 Å². The van der Waals surface area contributed by atoms with Crippen molar-refractivity contribution < 1.29 is 4.58 Å². The van der Waals surface area contributed by atoms with E-state index in [2.05, 4.69) is 107 Å². The smallest absolute Gasteiger partial charge is 0.209 e. The van der Waals surface area contributed by atoms with Gasteiger partial charge < -0.3 is 5.73 Å². The maximum atomic E-state index is 5.83. The van der Waals surface area contributed by atoms with Gasteiger partial charge in [-0.1, -0.05) is 75.5 Å². The minimum absolute atomic E-state index is 0.0500. The minimum Gasteiger partial charge on any atom is -0.399 e. The lowest BCUT2D eigenvalue weighted by atomic mass is 9.79. The summed E-state index contributed by atoms with van der Waals surface area (Å²) >= 11 is 5.17. The van der Waals surface area contributed by atoms with Crippen molar-refractivity contribution in [1.29, 1.82) is 0 Å². The van der Waals surface area contributed by atoms with Crippen LogP contribution in [0.5, 0.6) is 0 Å². The zero-order valence-corrected chi connectivity index (χ0v) is 17.9. The van der Waals surface area contributed by atoms with Crippen LogP contribution in [0, 0.1) is 0 Å². The lowest BCUT2D eigenvalue weighted by molar-refractivity contribution is -0.403. The predicted octanol–water partition coefficient (Wildman–Crippen LogP) is 5.25. The zero-order valence-electron chi connectivity index (χ0n) is 13.6. The third-order valence-corrected chi connectivity index (χ3v) is 8.84. The Bertz CT molecular complexity index is 763. The first-order valence-corrected chi connectivity index (χ1v) is 10.2. The molecule has 0 bridgehead atoms. The highest BCUT2D eigenvalue weighted by Gasteiger charge is 2.48. The Balaban J connectivity index is 2.01. The lowest BCUT2D eigenvalue weighted by Gasteiger charge is -2.24. The first-order chi connectivity index (χ1) is 10.8. The van der Waals surface area contributed by atoms with Crippen molar-refractivity contribution >= 4 is 62.3 Å². The van der Waals surface area contributed by atoms with Crippen molar-refractivity contribution in [1.82, 2.24) is 0 Å². The number of fused-ring (bicyclic) bond motifs is 1. The lowest BCUT2D eigenvalue weighted by Crippen LogP contribution is -2.37. The van der Waals surface area contributed by atoms with Crippen LogP contribution in [0.3, 0.4) is 0 Å². The molecule has 1 aliphatic rings. The van der Waals surface area contributed by atoms with E-state index in [9.17, 15) is 0 Å². The number of nitrogens with two attached hydrogens (primary N) is 1. The van der Waals surface area contributed by atoms with E-state index in [4.69, 9.17) is 5.73 Å². The average molecular weight is 531 g/mol. The number of rotatable bonds is 3. The second-order valence-electron chi connectivity index (χ2n) is 6.56. The molecule has 1 heterocycles. The molecule has 0 aliphatic carbocycles. The highest BCUT2D eigenvalue weighted by Crippen LogP contribution is 2.45. The van der Waals surface area contributed by atoms with E-state index in [1.54, 1.807) is 0 Å². The van der Waals surface area contributed by atoms with Crippen molar-refractivity contribution in [2.75, 3.05) is 12.8 Å². The van der Waals surface area contributed by atoms with Crippen molar-refractivity contribution in [3.05, 3.63) is 59.7 Å². The molecule has 3 rings (SSSR count). The third kappa shape index (κ3) is 2.92. The van der Waals surface area contributed by atoms with Crippen molar-refractivity contribution in [2.24, 2.45) is 0 Å². The molecule has 2 aromatic carbocycles. The van der Waals surface area contributed by atoms with E-state index in [-0.39, 0.29) is 5.41 Å². The molecule has 0 unspecified atom stereocenters. The summed E-state index contributed by atoms with van der Waals surface area (Å²) in [7, 11) is 2.20. The minimum atomic E-state index is 0.0500. The maximum Gasteiger partial charge on any atom is 0.209 e. The predicted molar refractivity (Wildman–Crippen MR) is 116 cm³/mol. The summed E-state index contributed by atoms with van der Waals surface area (Å²) in [4.78, 5) is 0. The molecule has 0 saturated heterocycles. The van der Waals surface area contributed by atoms with Gasteiger partial charge in [0.05, 0.1) is 9.34 Å². The summed E-state index contributed by atoms with van der Waals surface area (Å²) in [6.07, 6.45) is 0. The van der Waals surface area contributed by atoms with Crippen LogP contribution in [-0.4, -0.2) is 21.3 Å². The molecule has 0 aromatic heterocycles. The number of nitrogens with zero attached hydrogens (tertiary/aromatic N) is 1. The fourth-order valence-corrected chi connectivity index (χ4v) is 5.87. The van der Waals surface area contributed by atoms with Crippen LogP contribution in [0.4, 0.5) is 11.4 Å². The summed E-state index contributed by atoms with van der Waals surface area (Å²) in [6.45, 7) is 4.67. The molecule has 0 saturated carbocycles. The van der Waals surface area contributed by atoms with Crippen LogP contribution in [0.1, 0.15) is 28.9 Å². The SMILES string of the molecule is C[N+]1=C([C@H](I)[C@H](I)c2ccc(N)cc2)C(C)(C)c2ccccc21. The number of nitrogen functional groups attached to an aromatic ring is 1. The van der Waals surface area contributed by atoms with Gasteiger partial charge in [-0.2, -0.15) is 0 Å². The summed E-state index contributed by atoms with van der Waals surface area (Å²) in [6, 6.07) is 17.0. The third-order valence-electron chi connectivity index (χ3n) is 4.71. The Morgan fingerprint density at radius 3 is 2.17 bits per heavy atom. The quantitative estimate of drug-likeness (QED) is 0.249. The van der Waals surface area contributed by atoms with Crippen LogP contribution in [0.2, 0.25) is 0 Å². The van der Waals surface area contributed by atoms with Gasteiger partial charge in [0.1, 0.15) is 11.0 Å². The molecule has 2 aromatic rings. The first-order valence-electron chi connectivity index (χ1n) is 7.68. The largest absolute Gasteiger partial charge is 0.399 e. The summed E-state index contributed by atoms with van der Waals surface area (Å²) in [5.74, 6) is 0. The van der Waals surface area contributed by atoms with Gasteiger partial charge in [-0.3, -0.25) is 0 Å². The number of anilines is 1. The molecular weight excluding hydrogens is 510 g/mol. The Kier molecular flexibility index (Phi) is 4.75. The van der Waals surface area contributed by atoms with Crippen LogP contribution in [0.15, 0.2) is 48.5 Å². The first kappa shape index (κ1) is 17.2. The van der Waals surface area contributed by atoms with Gasteiger partial charge in [-0.15, -0.1) is 0 Å². The molecule has 0 radical (unpaired) electrons. The highest BCUT2D eigenvalue weighted by molar-refractivity contribution is 14.1. The maximum absolute atomic E-state index is 5.83. The summed E-state index contributed by atoms with van der Waals surface area (Å²) < 4.78 is 3.19. The normalized spacial score (nSPS) is 18.7. The van der Waals surface area contributed by atoms with Crippen molar-refractivity contribution in [3.63, 3.8) is 0 Å². The molecule has 4 heteroatoms. The second-order valence-corrected chi connectivity index (χ2v) is 9.24. The molecule has 2 atom stereocenters. The molecule has 23 heavy (non-hydrogen) atoms. The molecule has 0 spiro atoms. The van der Waals surface area contributed by atoms with Gasteiger partial charge >= 0.3 is 0 Å². The zero-order chi connectivity index (χ0) is 16.8. The van der Waals surface area contributed by atoms with Gasteiger partial charge in [-0.25, -0.2) is 4.58 Å². The highest BCUT2D eigenvalue weighted by atomic mass is 127. The Morgan fingerprint density at radius 2 is 1.57 bits per heavy atom. The molecular formula is C19H21I2N2+. The number of hydrogen-bond acceptors (Lipinski definition) is 1. The number of alkyl halides is 2. The van der Waals surface area contributed by atoms with Gasteiger partial charge in [0, 0.05) is 17.3 Å². The van der Waals surface area contributed by atoms with E-state index in [1.165, 1.54) is 22.5 Å². The molecule has 0 fully saturated rings. The Labute approximate surface area is 165 Å². The summed E-state index contributed by atoms with van der Waals surface area (Å²) in [5, 5.41) is 0. The van der Waals surface area contributed by atoms with E-state index < -0.39 is 0 Å². The van der Waals surface area contributed by atoms with Crippen LogP contribution in [-0.2, 0) is 5.41 Å². The fraction of sp³-hybridized carbons (Fsp3) is 0.316. The van der Waals surface area contributed by atoms with Gasteiger partial charge in [0.2, 0.25) is 5.69 Å². The molecule has 0 amide bonds. The van der Waals surface area contributed by atoms with E-state index in [0.717, 1.165) is 5.69 Å². The number of hydrogen-bond donors (Lipinski definition) is 1. The Morgan fingerprint density at radius 1 is 0.957 bits per heavy atom. The monoisotopic (exact) mass is 531 g/mol. The Hall–Kier alpha value is -0.630. The van der Waals surface area contributed by atoms with Crippen molar-refractivity contribution in [3.8, 4) is 0 Å². The topological polar surface area (TPSA) is 29.0 Å². The number of para-hydroxylation sites is 1. The second kappa shape index (κ2) is 6.35. The fourth-order valence-electron chi connectivity index (χ4n) is 3.50. The molecule has 1 aliphatic heterocycles. The van der Waals surface area contributed by atoms with E-state index in [0.29, 0.717) is 7.85 Å². The van der Waals surface area contributed by atoms with Gasteiger partial charge in [0.15, 0.2) is 5.71 Å². The number of benzene rings is 2. The van der Waals surface area contributed by atoms with Crippen LogP contribution >= 0.6 is 45.2 Å².